The highest BCUT2D eigenvalue weighted by molar-refractivity contribution is 6.31. The molecule has 2 aromatic carbocycles. The van der Waals surface area contributed by atoms with Gasteiger partial charge in [0.1, 0.15) is 5.75 Å². The third-order valence-electron chi connectivity index (χ3n) is 3.31. The first kappa shape index (κ1) is 18.9. The topological polar surface area (TPSA) is 44.8 Å². The van der Waals surface area contributed by atoms with Crippen molar-refractivity contribution in [1.82, 2.24) is 0 Å². The molecule has 0 amide bonds. The van der Waals surface area contributed by atoms with Crippen molar-refractivity contribution in [3.05, 3.63) is 58.6 Å². The standard InChI is InChI=1S/C20H21ClO4/c1-13(2)24-18-9-5-15(12-19(18)23-4)6-10-20(22)25-16-7-8-17(21)14(3)11-16/h5-13H,1-4H3/b10-6+. The summed E-state index contributed by atoms with van der Waals surface area (Å²) in [5.74, 6) is 1.25. The van der Waals surface area contributed by atoms with Gasteiger partial charge in [0.05, 0.1) is 13.2 Å². The first-order valence-electron chi connectivity index (χ1n) is 7.90. The minimum absolute atomic E-state index is 0.0492. The molecule has 0 spiro atoms. The van der Waals surface area contributed by atoms with Gasteiger partial charge >= 0.3 is 5.97 Å². The minimum Gasteiger partial charge on any atom is -0.493 e. The van der Waals surface area contributed by atoms with Crippen LogP contribution in [0.25, 0.3) is 6.08 Å². The maximum Gasteiger partial charge on any atom is 0.336 e. The van der Waals surface area contributed by atoms with Gasteiger partial charge in [0.2, 0.25) is 0 Å². The normalized spacial score (nSPS) is 11.0. The lowest BCUT2D eigenvalue weighted by molar-refractivity contribution is -0.128. The number of hydrogen-bond donors (Lipinski definition) is 0. The summed E-state index contributed by atoms with van der Waals surface area (Å²) >= 11 is 5.95. The van der Waals surface area contributed by atoms with E-state index in [-0.39, 0.29) is 6.10 Å². The fourth-order valence-electron chi connectivity index (χ4n) is 2.13. The number of aryl methyl sites for hydroxylation is 1. The Balaban J connectivity index is 2.07. The van der Waals surface area contributed by atoms with Crippen LogP contribution in [0.15, 0.2) is 42.5 Å². The highest BCUT2D eigenvalue weighted by Crippen LogP contribution is 2.29. The average molecular weight is 361 g/mol. The van der Waals surface area contributed by atoms with Gasteiger partial charge in [-0.1, -0.05) is 17.7 Å². The van der Waals surface area contributed by atoms with E-state index in [1.54, 1.807) is 37.5 Å². The van der Waals surface area contributed by atoms with Crippen molar-refractivity contribution in [2.24, 2.45) is 0 Å². The molecule has 0 heterocycles. The largest absolute Gasteiger partial charge is 0.493 e. The van der Waals surface area contributed by atoms with Crippen LogP contribution in [0.2, 0.25) is 5.02 Å². The Kier molecular flexibility index (Phi) is 6.48. The first-order valence-corrected chi connectivity index (χ1v) is 8.27. The smallest absolute Gasteiger partial charge is 0.336 e. The number of halogens is 1. The number of carbonyl (C=O) groups is 1. The van der Waals surface area contributed by atoms with Gasteiger partial charge in [-0.3, -0.25) is 0 Å². The van der Waals surface area contributed by atoms with E-state index >= 15 is 0 Å². The first-order chi connectivity index (χ1) is 11.9. The zero-order chi connectivity index (χ0) is 18.4. The Morgan fingerprint density at radius 1 is 1.12 bits per heavy atom. The molecule has 0 N–H and O–H groups in total. The molecule has 0 unspecified atom stereocenters. The van der Waals surface area contributed by atoms with Crippen molar-refractivity contribution in [1.29, 1.82) is 0 Å². The van der Waals surface area contributed by atoms with E-state index in [0.29, 0.717) is 22.3 Å². The lowest BCUT2D eigenvalue weighted by Crippen LogP contribution is -2.06. The Morgan fingerprint density at radius 3 is 2.52 bits per heavy atom. The molecule has 2 aromatic rings. The summed E-state index contributed by atoms with van der Waals surface area (Å²) in [5, 5.41) is 0.631. The summed E-state index contributed by atoms with van der Waals surface area (Å²) in [6.07, 6.45) is 3.07. The van der Waals surface area contributed by atoms with Crippen molar-refractivity contribution < 1.29 is 19.0 Å². The van der Waals surface area contributed by atoms with Crippen molar-refractivity contribution in [3.8, 4) is 17.2 Å². The van der Waals surface area contributed by atoms with Crippen molar-refractivity contribution in [2.75, 3.05) is 7.11 Å². The molecule has 25 heavy (non-hydrogen) atoms. The monoisotopic (exact) mass is 360 g/mol. The number of esters is 1. The minimum atomic E-state index is -0.469. The molecule has 0 fully saturated rings. The van der Waals surface area contributed by atoms with Crippen LogP contribution in [0.5, 0.6) is 17.2 Å². The predicted octanol–water partition coefficient (Wildman–Crippen LogP) is 5.06. The Morgan fingerprint density at radius 2 is 1.88 bits per heavy atom. The number of methoxy groups -OCH3 is 1. The SMILES string of the molecule is COc1cc(/C=C/C(=O)Oc2ccc(Cl)c(C)c2)ccc1OC(C)C. The van der Waals surface area contributed by atoms with E-state index in [2.05, 4.69) is 0 Å². The molecule has 0 aliphatic rings. The highest BCUT2D eigenvalue weighted by Gasteiger charge is 2.07. The summed E-state index contributed by atoms with van der Waals surface area (Å²) in [6.45, 7) is 5.74. The Hall–Kier alpha value is -2.46. The summed E-state index contributed by atoms with van der Waals surface area (Å²) in [5.41, 5.74) is 1.65. The molecule has 0 radical (unpaired) electrons. The van der Waals surface area contributed by atoms with Gasteiger partial charge < -0.3 is 14.2 Å². The number of rotatable bonds is 6. The predicted molar refractivity (Wildman–Crippen MR) is 99.6 cm³/mol. The molecular formula is C20H21ClO4. The Labute approximate surface area is 153 Å². The van der Waals surface area contributed by atoms with Crippen molar-refractivity contribution in [2.45, 2.75) is 26.9 Å². The fourth-order valence-corrected chi connectivity index (χ4v) is 2.25. The van der Waals surface area contributed by atoms with Crippen LogP contribution in [0.4, 0.5) is 0 Å². The van der Waals surface area contributed by atoms with Crippen LogP contribution in [0, 0.1) is 6.92 Å². The molecule has 5 heteroatoms. The van der Waals surface area contributed by atoms with Crippen molar-refractivity contribution >= 4 is 23.6 Å². The molecule has 0 aliphatic carbocycles. The zero-order valence-electron chi connectivity index (χ0n) is 14.7. The molecule has 0 atom stereocenters. The van der Waals surface area contributed by atoms with Gasteiger partial charge in [-0.05, 0) is 68.3 Å². The number of hydrogen-bond acceptors (Lipinski definition) is 4. The Bertz CT molecular complexity index is 781. The summed E-state index contributed by atoms with van der Waals surface area (Å²) < 4.78 is 16.3. The van der Waals surface area contributed by atoms with E-state index in [9.17, 15) is 4.79 Å². The third kappa shape index (κ3) is 5.54. The summed E-state index contributed by atoms with van der Waals surface area (Å²) in [4.78, 5) is 12.0. The summed E-state index contributed by atoms with van der Waals surface area (Å²) in [7, 11) is 1.58. The second-order valence-corrected chi connectivity index (χ2v) is 6.15. The molecular weight excluding hydrogens is 340 g/mol. The van der Waals surface area contributed by atoms with Gasteiger partial charge in [-0.15, -0.1) is 0 Å². The van der Waals surface area contributed by atoms with Gasteiger partial charge in [0.25, 0.3) is 0 Å². The van der Waals surface area contributed by atoms with E-state index < -0.39 is 5.97 Å². The molecule has 0 bridgehead atoms. The molecule has 4 nitrogen and oxygen atoms in total. The van der Waals surface area contributed by atoms with Crippen LogP contribution in [0.1, 0.15) is 25.0 Å². The quantitative estimate of drug-likeness (QED) is 0.410. The van der Waals surface area contributed by atoms with Gasteiger partial charge in [0, 0.05) is 11.1 Å². The lowest BCUT2D eigenvalue weighted by atomic mass is 10.2. The van der Waals surface area contributed by atoms with E-state index in [0.717, 1.165) is 11.1 Å². The molecule has 0 aliphatic heterocycles. The van der Waals surface area contributed by atoms with E-state index in [4.69, 9.17) is 25.8 Å². The lowest BCUT2D eigenvalue weighted by Gasteiger charge is -2.13. The highest BCUT2D eigenvalue weighted by atomic mass is 35.5. The van der Waals surface area contributed by atoms with Gasteiger partial charge in [-0.2, -0.15) is 0 Å². The molecule has 2 rings (SSSR count). The van der Waals surface area contributed by atoms with Crippen LogP contribution in [0.3, 0.4) is 0 Å². The maximum atomic E-state index is 12.0. The van der Waals surface area contributed by atoms with E-state index in [1.807, 2.05) is 32.9 Å². The van der Waals surface area contributed by atoms with Crippen LogP contribution < -0.4 is 14.2 Å². The average Bonchev–Trinajstić information content (AvgIpc) is 2.57. The second-order valence-electron chi connectivity index (χ2n) is 5.74. The molecule has 0 saturated carbocycles. The number of ether oxygens (including phenoxy) is 3. The number of benzene rings is 2. The van der Waals surface area contributed by atoms with Crippen LogP contribution in [-0.2, 0) is 4.79 Å². The second kappa shape index (κ2) is 8.58. The number of carbonyl (C=O) groups excluding carboxylic acids is 1. The zero-order valence-corrected chi connectivity index (χ0v) is 15.5. The molecule has 0 aromatic heterocycles. The van der Waals surface area contributed by atoms with Crippen molar-refractivity contribution in [3.63, 3.8) is 0 Å². The van der Waals surface area contributed by atoms with Gasteiger partial charge in [0.15, 0.2) is 11.5 Å². The van der Waals surface area contributed by atoms with E-state index in [1.165, 1.54) is 6.08 Å². The third-order valence-corrected chi connectivity index (χ3v) is 3.73. The molecule has 0 saturated heterocycles. The summed E-state index contributed by atoms with van der Waals surface area (Å²) in [6, 6.07) is 10.5. The van der Waals surface area contributed by atoms with Crippen LogP contribution in [-0.4, -0.2) is 19.2 Å². The van der Waals surface area contributed by atoms with Gasteiger partial charge in [-0.25, -0.2) is 4.79 Å². The fraction of sp³-hybridized carbons (Fsp3) is 0.250. The molecule has 132 valence electrons. The maximum absolute atomic E-state index is 12.0. The van der Waals surface area contributed by atoms with Crippen LogP contribution >= 0.6 is 11.6 Å².